The number of amides is 1. The molecule has 1 aromatic heterocycles. The second-order valence-electron chi connectivity index (χ2n) is 7.47. The van der Waals surface area contributed by atoms with Gasteiger partial charge in [0.2, 0.25) is 5.91 Å². The number of rotatable bonds is 3. The van der Waals surface area contributed by atoms with E-state index in [0.717, 1.165) is 44.5 Å². The SMILES string of the molecule is O=C(C1CCCCC1)N1CCN(Cc2nc3ccccc3c(=O)[nH]2)CC1. The number of benzene rings is 1. The smallest absolute Gasteiger partial charge is 0.258 e. The van der Waals surface area contributed by atoms with Crippen molar-refractivity contribution in [3.63, 3.8) is 0 Å². The first-order chi connectivity index (χ1) is 12.7. The first-order valence-electron chi connectivity index (χ1n) is 9.70. The van der Waals surface area contributed by atoms with Gasteiger partial charge < -0.3 is 9.88 Å². The molecule has 1 saturated carbocycles. The highest BCUT2D eigenvalue weighted by molar-refractivity contribution is 5.79. The van der Waals surface area contributed by atoms with E-state index >= 15 is 0 Å². The fraction of sp³-hybridized carbons (Fsp3) is 0.550. The van der Waals surface area contributed by atoms with E-state index in [1.807, 2.05) is 23.1 Å². The Kier molecular flexibility index (Phi) is 5.02. The summed E-state index contributed by atoms with van der Waals surface area (Å²) in [5.41, 5.74) is 0.647. The largest absolute Gasteiger partial charge is 0.340 e. The Morgan fingerprint density at radius 1 is 1.08 bits per heavy atom. The maximum atomic E-state index is 12.7. The fourth-order valence-corrected chi connectivity index (χ4v) is 4.16. The van der Waals surface area contributed by atoms with Gasteiger partial charge in [0, 0.05) is 32.1 Å². The molecule has 0 atom stereocenters. The van der Waals surface area contributed by atoms with E-state index in [0.29, 0.717) is 23.7 Å². The number of nitrogens with zero attached hydrogens (tertiary/aromatic N) is 3. The minimum absolute atomic E-state index is 0.0864. The summed E-state index contributed by atoms with van der Waals surface area (Å²) in [5.74, 6) is 1.29. The van der Waals surface area contributed by atoms with Crippen LogP contribution >= 0.6 is 0 Å². The Morgan fingerprint density at radius 2 is 1.81 bits per heavy atom. The van der Waals surface area contributed by atoms with Crippen LogP contribution in [0.5, 0.6) is 0 Å². The van der Waals surface area contributed by atoms with Gasteiger partial charge in [0.15, 0.2) is 0 Å². The highest BCUT2D eigenvalue weighted by Crippen LogP contribution is 2.25. The molecule has 2 aromatic rings. The summed E-state index contributed by atoms with van der Waals surface area (Å²) < 4.78 is 0. The lowest BCUT2D eigenvalue weighted by atomic mass is 9.88. The van der Waals surface area contributed by atoms with Gasteiger partial charge >= 0.3 is 0 Å². The van der Waals surface area contributed by atoms with Crippen molar-refractivity contribution in [1.29, 1.82) is 0 Å². The quantitative estimate of drug-likeness (QED) is 0.917. The zero-order valence-electron chi connectivity index (χ0n) is 15.1. The fourth-order valence-electron chi connectivity index (χ4n) is 4.16. The molecule has 26 heavy (non-hydrogen) atoms. The second kappa shape index (κ2) is 7.58. The van der Waals surface area contributed by atoms with Crippen molar-refractivity contribution in [1.82, 2.24) is 19.8 Å². The summed E-state index contributed by atoms with van der Waals surface area (Å²) in [4.78, 5) is 36.6. The summed E-state index contributed by atoms with van der Waals surface area (Å²) in [5, 5.41) is 0.624. The van der Waals surface area contributed by atoms with Gasteiger partial charge in [-0.1, -0.05) is 31.4 Å². The van der Waals surface area contributed by atoms with E-state index in [-0.39, 0.29) is 11.5 Å². The molecule has 0 spiro atoms. The average molecular weight is 354 g/mol. The van der Waals surface area contributed by atoms with Crippen molar-refractivity contribution in [3.05, 3.63) is 40.4 Å². The molecule has 1 aliphatic carbocycles. The Hall–Kier alpha value is -2.21. The molecular formula is C20H26N4O2. The van der Waals surface area contributed by atoms with Gasteiger partial charge in [0.1, 0.15) is 5.82 Å². The molecule has 0 radical (unpaired) electrons. The molecule has 1 saturated heterocycles. The highest BCUT2D eigenvalue weighted by atomic mass is 16.2. The molecule has 1 aliphatic heterocycles. The van der Waals surface area contributed by atoms with Crippen molar-refractivity contribution in [2.24, 2.45) is 5.92 Å². The average Bonchev–Trinajstić information content (AvgIpc) is 2.69. The number of H-pyrrole nitrogens is 1. The highest BCUT2D eigenvalue weighted by Gasteiger charge is 2.28. The number of carbonyl (C=O) groups is 1. The van der Waals surface area contributed by atoms with Gasteiger partial charge in [-0.3, -0.25) is 14.5 Å². The number of aromatic amines is 1. The number of piperazine rings is 1. The Balaban J connectivity index is 1.36. The molecule has 2 aliphatic rings. The molecule has 1 amide bonds. The third-order valence-electron chi connectivity index (χ3n) is 5.67. The Bertz CT molecular complexity index is 833. The van der Waals surface area contributed by atoms with Crippen molar-refractivity contribution in [2.75, 3.05) is 26.2 Å². The van der Waals surface area contributed by atoms with Crippen LogP contribution in [0.3, 0.4) is 0 Å². The molecule has 4 rings (SSSR count). The van der Waals surface area contributed by atoms with E-state index in [1.165, 1.54) is 19.3 Å². The minimum Gasteiger partial charge on any atom is -0.340 e. The zero-order chi connectivity index (χ0) is 17.9. The predicted molar refractivity (Wildman–Crippen MR) is 101 cm³/mol. The monoisotopic (exact) mass is 354 g/mol. The van der Waals surface area contributed by atoms with Gasteiger partial charge in [-0.2, -0.15) is 0 Å². The summed E-state index contributed by atoms with van der Waals surface area (Å²) in [6.45, 7) is 3.82. The lowest BCUT2D eigenvalue weighted by Crippen LogP contribution is -2.50. The Labute approximate surface area is 153 Å². The molecule has 6 heteroatoms. The van der Waals surface area contributed by atoms with Crippen LogP contribution in [0.25, 0.3) is 10.9 Å². The van der Waals surface area contributed by atoms with Gasteiger partial charge in [0.05, 0.1) is 17.4 Å². The number of para-hydroxylation sites is 1. The van der Waals surface area contributed by atoms with Crippen LogP contribution in [0.4, 0.5) is 0 Å². The van der Waals surface area contributed by atoms with Crippen molar-refractivity contribution >= 4 is 16.8 Å². The van der Waals surface area contributed by atoms with Crippen LogP contribution in [-0.2, 0) is 11.3 Å². The van der Waals surface area contributed by atoms with E-state index < -0.39 is 0 Å². The minimum atomic E-state index is -0.0864. The molecular weight excluding hydrogens is 328 g/mol. The topological polar surface area (TPSA) is 69.3 Å². The molecule has 1 N–H and O–H groups in total. The second-order valence-corrected chi connectivity index (χ2v) is 7.47. The third kappa shape index (κ3) is 3.65. The molecule has 2 heterocycles. The van der Waals surface area contributed by atoms with Crippen molar-refractivity contribution in [2.45, 2.75) is 38.6 Å². The van der Waals surface area contributed by atoms with Crippen LogP contribution in [0.2, 0.25) is 0 Å². The number of nitrogens with one attached hydrogen (secondary N) is 1. The maximum Gasteiger partial charge on any atom is 0.258 e. The number of fused-ring (bicyclic) bond motifs is 1. The van der Waals surface area contributed by atoms with Crippen LogP contribution in [0, 0.1) is 5.92 Å². The lowest BCUT2D eigenvalue weighted by Gasteiger charge is -2.36. The number of hydrogen-bond donors (Lipinski definition) is 1. The zero-order valence-corrected chi connectivity index (χ0v) is 15.1. The van der Waals surface area contributed by atoms with Crippen LogP contribution in [-0.4, -0.2) is 51.9 Å². The van der Waals surface area contributed by atoms with Crippen LogP contribution < -0.4 is 5.56 Å². The van der Waals surface area contributed by atoms with Crippen LogP contribution in [0.15, 0.2) is 29.1 Å². The maximum absolute atomic E-state index is 12.7. The molecule has 138 valence electrons. The van der Waals surface area contributed by atoms with E-state index in [2.05, 4.69) is 14.9 Å². The van der Waals surface area contributed by atoms with E-state index in [9.17, 15) is 9.59 Å². The van der Waals surface area contributed by atoms with E-state index in [4.69, 9.17) is 0 Å². The Morgan fingerprint density at radius 3 is 2.58 bits per heavy atom. The molecule has 0 unspecified atom stereocenters. The van der Waals surface area contributed by atoms with Gasteiger partial charge in [-0.15, -0.1) is 0 Å². The number of hydrogen-bond acceptors (Lipinski definition) is 4. The summed E-state index contributed by atoms with van der Waals surface area (Å²) in [7, 11) is 0. The van der Waals surface area contributed by atoms with Crippen LogP contribution in [0.1, 0.15) is 37.9 Å². The van der Waals surface area contributed by atoms with Crippen molar-refractivity contribution in [3.8, 4) is 0 Å². The van der Waals surface area contributed by atoms with E-state index in [1.54, 1.807) is 6.07 Å². The summed E-state index contributed by atoms with van der Waals surface area (Å²) >= 11 is 0. The summed E-state index contributed by atoms with van der Waals surface area (Å²) in [6, 6.07) is 7.41. The van der Waals surface area contributed by atoms with Gasteiger partial charge in [-0.25, -0.2) is 4.98 Å². The first kappa shape index (κ1) is 17.2. The molecule has 2 fully saturated rings. The van der Waals surface area contributed by atoms with Crippen molar-refractivity contribution < 1.29 is 4.79 Å². The van der Waals surface area contributed by atoms with Gasteiger partial charge in [0.25, 0.3) is 5.56 Å². The molecule has 1 aromatic carbocycles. The molecule has 6 nitrogen and oxygen atoms in total. The number of carbonyl (C=O) groups excluding carboxylic acids is 1. The molecule has 0 bridgehead atoms. The predicted octanol–water partition coefficient (Wildman–Crippen LogP) is 2.15. The standard InChI is InChI=1S/C20H26N4O2/c25-19-16-8-4-5-9-17(16)21-18(22-19)14-23-10-12-24(13-11-23)20(26)15-6-2-1-3-7-15/h4-5,8-9,15H,1-3,6-7,10-14H2,(H,21,22,25). The summed E-state index contributed by atoms with van der Waals surface area (Å²) in [6.07, 6.45) is 5.77. The normalized spacial score (nSPS) is 19.8. The number of aromatic nitrogens is 2. The lowest BCUT2D eigenvalue weighted by molar-refractivity contribution is -0.138. The third-order valence-corrected chi connectivity index (χ3v) is 5.67. The first-order valence-corrected chi connectivity index (χ1v) is 9.70. The van der Waals surface area contributed by atoms with Gasteiger partial charge in [-0.05, 0) is 25.0 Å².